The summed E-state index contributed by atoms with van der Waals surface area (Å²) < 4.78 is 0. The number of aliphatic imine (C=N–C) groups is 1. The zero-order chi connectivity index (χ0) is 13.9. The number of rotatable bonds is 3. The van der Waals surface area contributed by atoms with Gasteiger partial charge in [-0.1, -0.05) is 11.6 Å². The Morgan fingerprint density at radius 1 is 1.33 bits per heavy atom. The molecule has 2 aliphatic rings. The summed E-state index contributed by atoms with van der Waals surface area (Å²) in [6.45, 7) is 1.87. The molecule has 0 spiro atoms. The molecule has 0 aromatic carbocycles. The van der Waals surface area contributed by atoms with Gasteiger partial charge in [0.1, 0.15) is 5.82 Å². The molecule has 1 saturated carbocycles. The molecule has 2 heterocycles. The lowest BCUT2D eigenvalue weighted by molar-refractivity contribution is 0.647. The molecule has 21 heavy (non-hydrogen) atoms. The summed E-state index contributed by atoms with van der Waals surface area (Å²) in [5.41, 5.74) is 0. The summed E-state index contributed by atoms with van der Waals surface area (Å²) >= 11 is 6.20. The second-order valence-electron chi connectivity index (χ2n) is 5.38. The first-order chi connectivity index (χ1) is 9.76. The van der Waals surface area contributed by atoms with E-state index in [2.05, 4.69) is 25.5 Å². The lowest BCUT2D eigenvalue weighted by atomic mass is 10.3. The van der Waals surface area contributed by atoms with Crippen LogP contribution in [-0.2, 0) is 0 Å². The van der Waals surface area contributed by atoms with E-state index in [0.717, 1.165) is 31.3 Å². The van der Waals surface area contributed by atoms with Crippen molar-refractivity contribution in [3.8, 4) is 0 Å². The molecule has 7 heteroatoms. The molecule has 1 saturated heterocycles. The Morgan fingerprint density at radius 3 is 2.76 bits per heavy atom. The van der Waals surface area contributed by atoms with E-state index in [1.54, 1.807) is 6.20 Å². The third kappa shape index (κ3) is 4.35. The number of halogens is 2. The molecule has 2 fully saturated rings. The largest absolute Gasteiger partial charge is 0.354 e. The number of aromatic nitrogens is 1. The summed E-state index contributed by atoms with van der Waals surface area (Å²) in [6.07, 6.45) is 5.36. The molecular weight excluding hydrogens is 401 g/mol. The highest BCUT2D eigenvalue weighted by Gasteiger charge is 2.27. The van der Waals surface area contributed by atoms with Gasteiger partial charge in [-0.3, -0.25) is 4.99 Å². The first kappa shape index (κ1) is 16.6. The number of anilines is 1. The van der Waals surface area contributed by atoms with Gasteiger partial charge in [-0.25, -0.2) is 4.98 Å². The van der Waals surface area contributed by atoms with Crippen LogP contribution in [0.15, 0.2) is 23.3 Å². The minimum Gasteiger partial charge on any atom is -0.354 e. The highest BCUT2D eigenvalue weighted by Crippen LogP contribution is 2.25. The first-order valence-electron chi connectivity index (χ1n) is 7.11. The average molecular weight is 422 g/mol. The van der Waals surface area contributed by atoms with Gasteiger partial charge >= 0.3 is 0 Å². The lowest BCUT2D eigenvalue weighted by Gasteiger charge is -2.20. The second-order valence-corrected chi connectivity index (χ2v) is 5.78. The Bertz CT molecular complexity index is 506. The maximum atomic E-state index is 6.20. The van der Waals surface area contributed by atoms with Crippen LogP contribution in [0.25, 0.3) is 0 Å². The zero-order valence-corrected chi connectivity index (χ0v) is 15.1. The van der Waals surface area contributed by atoms with Crippen molar-refractivity contribution in [1.29, 1.82) is 0 Å². The fraction of sp³-hybridized carbons (Fsp3) is 0.571. The van der Waals surface area contributed by atoms with Crippen LogP contribution in [0.5, 0.6) is 0 Å². The molecule has 116 valence electrons. The van der Waals surface area contributed by atoms with Crippen molar-refractivity contribution < 1.29 is 0 Å². The highest BCUT2D eigenvalue weighted by atomic mass is 127. The molecule has 3 rings (SSSR count). The molecule has 0 bridgehead atoms. The van der Waals surface area contributed by atoms with Crippen molar-refractivity contribution >= 4 is 47.4 Å². The fourth-order valence-electron chi connectivity index (χ4n) is 2.47. The smallest absolute Gasteiger partial charge is 0.191 e. The van der Waals surface area contributed by atoms with E-state index in [9.17, 15) is 0 Å². The van der Waals surface area contributed by atoms with Crippen molar-refractivity contribution in [2.45, 2.75) is 31.3 Å². The predicted octanol–water partition coefficient (Wildman–Crippen LogP) is 2.26. The molecule has 5 nitrogen and oxygen atoms in total. The van der Waals surface area contributed by atoms with Crippen LogP contribution in [0.1, 0.15) is 19.3 Å². The fourth-order valence-corrected chi connectivity index (χ4v) is 2.71. The van der Waals surface area contributed by atoms with Crippen molar-refractivity contribution in [3.63, 3.8) is 0 Å². The van der Waals surface area contributed by atoms with Gasteiger partial charge in [0, 0.05) is 38.4 Å². The molecule has 1 aliphatic heterocycles. The van der Waals surface area contributed by atoms with Gasteiger partial charge in [0.15, 0.2) is 5.96 Å². The number of guanidine groups is 1. The molecule has 1 aromatic heterocycles. The van der Waals surface area contributed by atoms with Crippen LogP contribution in [0.3, 0.4) is 0 Å². The molecule has 0 amide bonds. The molecule has 1 aromatic rings. The van der Waals surface area contributed by atoms with Gasteiger partial charge in [0.05, 0.1) is 5.02 Å². The van der Waals surface area contributed by atoms with Crippen molar-refractivity contribution in [1.82, 2.24) is 15.6 Å². The molecule has 1 atom stereocenters. The van der Waals surface area contributed by atoms with Crippen LogP contribution in [0.4, 0.5) is 5.82 Å². The summed E-state index contributed by atoms with van der Waals surface area (Å²) in [5.74, 6) is 1.79. The Hall–Kier alpha value is -0.760. The van der Waals surface area contributed by atoms with Crippen LogP contribution in [0, 0.1) is 0 Å². The number of hydrogen-bond acceptors (Lipinski definition) is 3. The standard InChI is InChI=1S/C14H20ClN5.HI/c1-16-14(18-10-4-5-10)19-11-6-8-20(9-11)13-12(15)3-2-7-17-13;/h2-3,7,10-11H,4-6,8-9H2,1H3,(H2,16,18,19);1H. The van der Waals surface area contributed by atoms with Crippen LogP contribution in [-0.4, -0.2) is 43.2 Å². The molecule has 1 aliphatic carbocycles. The number of hydrogen-bond donors (Lipinski definition) is 2. The van der Waals surface area contributed by atoms with Crippen molar-refractivity contribution in [2.24, 2.45) is 4.99 Å². The Kier molecular flexibility index (Phi) is 5.92. The number of nitrogens with zero attached hydrogens (tertiary/aromatic N) is 3. The summed E-state index contributed by atoms with van der Waals surface area (Å²) in [6, 6.07) is 4.75. The Balaban J connectivity index is 0.00000161. The number of nitrogens with one attached hydrogen (secondary N) is 2. The van der Waals surface area contributed by atoms with Crippen molar-refractivity contribution in [3.05, 3.63) is 23.4 Å². The van der Waals surface area contributed by atoms with Crippen molar-refractivity contribution in [2.75, 3.05) is 25.0 Å². The summed E-state index contributed by atoms with van der Waals surface area (Å²) in [7, 11) is 1.82. The molecule has 2 N–H and O–H groups in total. The van der Waals surface area contributed by atoms with E-state index < -0.39 is 0 Å². The third-order valence-corrected chi connectivity index (χ3v) is 4.00. The first-order valence-corrected chi connectivity index (χ1v) is 7.49. The molecule has 1 unspecified atom stereocenters. The third-order valence-electron chi connectivity index (χ3n) is 3.71. The molecule has 0 radical (unpaired) electrons. The lowest BCUT2D eigenvalue weighted by Crippen LogP contribution is -2.45. The average Bonchev–Trinajstić information content (AvgIpc) is 3.15. The van der Waals surface area contributed by atoms with Gasteiger partial charge in [0.25, 0.3) is 0 Å². The quantitative estimate of drug-likeness (QED) is 0.447. The van der Waals surface area contributed by atoms with E-state index in [1.807, 2.05) is 19.2 Å². The topological polar surface area (TPSA) is 52.6 Å². The van der Waals surface area contributed by atoms with E-state index in [4.69, 9.17) is 11.6 Å². The van der Waals surface area contributed by atoms with Gasteiger partial charge in [-0.2, -0.15) is 0 Å². The predicted molar refractivity (Wildman–Crippen MR) is 97.9 cm³/mol. The van der Waals surface area contributed by atoms with Gasteiger partial charge in [0.2, 0.25) is 0 Å². The number of pyridine rings is 1. The maximum absolute atomic E-state index is 6.20. The summed E-state index contributed by atoms with van der Waals surface area (Å²) in [5, 5.41) is 7.61. The van der Waals surface area contributed by atoms with Crippen LogP contribution >= 0.6 is 35.6 Å². The van der Waals surface area contributed by atoms with Crippen LogP contribution < -0.4 is 15.5 Å². The van der Waals surface area contributed by atoms with Gasteiger partial charge in [-0.15, -0.1) is 24.0 Å². The Labute approximate surface area is 147 Å². The highest BCUT2D eigenvalue weighted by molar-refractivity contribution is 14.0. The van der Waals surface area contributed by atoms with E-state index in [1.165, 1.54) is 12.8 Å². The second kappa shape index (κ2) is 7.49. The Morgan fingerprint density at radius 2 is 2.10 bits per heavy atom. The normalized spacial score (nSPS) is 21.9. The van der Waals surface area contributed by atoms with Gasteiger partial charge in [-0.05, 0) is 31.4 Å². The van der Waals surface area contributed by atoms with E-state index >= 15 is 0 Å². The summed E-state index contributed by atoms with van der Waals surface area (Å²) in [4.78, 5) is 10.9. The maximum Gasteiger partial charge on any atom is 0.191 e. The monoisotopic (exact) mass is 421 g/mol. The van der Waals surface area contributed by atoms with Gasteiger partial charge < -0.3 is 15.5 Å². The van der Waals surface area contributed by atoms with E-state index in [0.29, 0.717) is 17.1 Å². The van der Waals surface area contributed by atoms with E-state index in [-0.39, 0.29) is 24.0 Å². The minimum absolute atomic E-state index is 0. The molecular formula is C14H21ClIN5. The van der Waals surface area contributed by atoms with Crippen LogP contribution in [0.2, 0.25) is 5.02 Å². The SMILES string of the molecule is CN=C(NC1CC1)NC1CCN(c2ncccc2Cl)C1.I. The minimum atomic E-state index is 0. The zero-order valence-electron chi connectivity index (χ0n) is 12.1.